The molecule has 0 amide bonds. The molecule has 0 aromatic heterocycles. The molecule has 64 valence electrons. The van der Waals surface area contributed by atoms with Gasteiger partial charge >= 0.3 is 0 Å². The molecule has 0 radical (unpaired) electrons. The summed E-state index contributed by atoms with van der Waals surface area (Å²) in [5, 5.41) is 13.4. The summed E-state index contributed by atoms with van der Waals surface area (Å²) in [6, 6.07) is 0.0567. The number of hydrogen-bond donors (Lipinski definition) is 2. The predicted molar refractivity (Wildman–Crippen MR) is 46.6 cm³/mol. The number of piperidine rings is 1. The van der Waals surface area contributed by atoms with E-state index in [0.717, 1.165) is 24.4 Å². The van der Waals surface area contributed by atoms with Gasteiger partial charge in [-0.3, -0.25) is 0 Å². The second kappa shape index (κ2) is 4.10. The molecule has 0 aromatic carbocycles. The largest absolute Gasteiger partial charge is 0.391 e. The fourth-order valence-corrected chi connectivity index (χ4v) is 1.45. The Kier molecular flexibility index (Phi) is 3.37. The third kappa shape index (κ3) is 2.81. The van der Waals surface area contributed by atoms with Gasteiger partial charge in [-0.1, -0.05) is 17.7 Å². The molecule has 0 aliphatic carbocycles. The molecule has 0 bridgehead atoms. The summed E-state index contributed by atoms with van der Waals surface area (Å²) in [5.41, 5.74) is 0. The average molecular weight is 176 g/mol. The summed E-state index contributed by atoms with van der Waals surface area (Å²) in [4.78, 5) is 0. The van der Waals surface area contributed by atoms with Crippen LogP contribution in [-0.2, 0) is 0 Å². The third-order valence-corrected chi connectivity index (χ3v) is 2.01. The van der Waals surface area contributed by atoms with Gasteiger partial charge in [0.15, 0.2) is 0 Å². The van der Waals surface area contributed by atoms with Crippen molar-refractivity contribution in [2.24, 2.45) is 0 Å². The van der Waals surface area contributed by atoms with Crippen LogP contribution in [-0.4, -0.2) is 23.8 Å². The summed E-state index contributed by atoms with van der Waals surface area (Å²) in [6.07, 6.45) is 3.52. The summed E-state index contributed by atoms with van der Waals surface area (Å²) in [6.45, 7) is 2.80. The van der Waals surface area contributed by atoms with Crippen LogP contribution in [0.5, 0.6) is 0 Å². The normalized spacial score (nSPS) is 33.9. The molecule has 2 N–H and O–H groups in total. The van der Waals surface area contributed by atoms with Gasteiger partial charge in [0.25, 0.3) is 0 Å². The maximum atomic E-state index is 9.45. The van der Waals surface area contributed by atoms with E-state index in [0.29, 0.717) is 0 Å². The summed E-state index contributed by atoms with van der Waals surface area (Å²) >= 11 is 5.69. The van der Waals surface area contributed by atoms with Crippen LogP contribution in [0, 0.1) is 0 Å². The van der Waals surface area contributed by atoms with Crippen LogP contribution >= 0.6 is 11.6 Å². The first-order valence-electron chi connectivity index (χ1n) is 3.95. The molecule has 3 heteroatoms. The van der Waals surface area contributed by atoms with Crippen LogP contribution in [0.1, 0.15) is 19.8 Å². The molecule has 1 fully saturated rings. The highest BCUT2D eigenvalue weighted by molar-refractivity contribution is 6.29. The lowest BCUT2D eigenvalue weighted by Crippen LogP contribution is -2.43. The lowest BCUT2D eigenvalue weighted by atomic mass is 10.0. The first-order valence-corrected chi connectivity index (χ1v) is 4.33. The number of halogens is 1. The Morgan fingerprint density at radius 1 is 1.73 bits per heavy atom. The molecule has 2 unspecified atom stereocenters. The van der Waals surface area contributed by atoms with Gasteiger partial charge in [0, 0.05) is 5.03 Å². The van der Waals surface area contributed by atoms with Gasteiger partial charge in [0.05, 0.1) is 12.1 Å². The zero-order valence-electron chi connectivity index (χ0n) is 6.68. The van der Waals surface area contributed by atoms with Crippen LogP contribution in [0.15, 0.2) is 11.1 Å². The van der Waals surface area contributed by atoms with Crippen LogP contribution < -0.4 is 5.32 Å². The lowest BCUT2D eigenvalue weighted by Gasteiger charge is -2.26. The van der Waals surface area contributed by atoms with Gasteiger partial charge in [-0.05, 0) is 26.3 Å². The predicted octanol–water partition coefficient (Wildman–Crippen LogP) is 1.24. The second-order valence-electron chi connectivity index (χ2n) is 2.94. The SMILES string of the molecule is CC(Cl)=CC1NCCCC1O. The van der Waals surface area contributed by atoms with Gasteiger partial charge in [-0.25, -0.2) is 0 Å². The highest BCUT2D eigenvalue weighted by Gasteiger charge is 2.19. The van der Waals surface area contributed by atoms with Crippen molar-refractivity contribution in [2.45, 2.75) is 31.9 Å². The molecule has 1 heterocycles. The fraction of sp³-hybridized carbons (Fsp3) is 0.750. The number of rotatable bonds is 1. The monoisotopic (exact) mass is 175 g/mol. The lowest BCUT2D eigenvalue weighted by molar-refractivity contribution is 0.115. The smallest absolute Gasteiger partial charge is 0.0730 e. The summed E-state index contributed by atoms with van der Waals surface area (Å²) in [5.74, 6) is 0. The van der Waals surface area contributed by atoms with E-state index in [9.17, 15) is 5.11 Å². The standard InChI is InChI=1S/C8H14ClNO/c1-6(9)5-7-8(11)3-2-4-10-7/h5,7-8,10-11H,2-4H2,1H3. The fourth-order valence-electron chi connectivity index (χ4n) is 1.31. The van der Waals surface area contributed by atoms with Crippen molar-refractivity contribution in [2.75, 3.05) is 6.54 Å². The highest BCUT2D eigenvalue weighted by Crippen LogP contribution is 2.12. The van der Waals surface area contributed by atoms with Gasteiger partial charge in [0.2, 0.25) is 0 Å². The number of nitrogens with one attached hydrogen (secondary N) is 1. The van der Waals surface area contributed by atoms with Crippen LogP contribution in [0.25, 0.3) is 0 Å². The van der Waals surface area contributed by atoms with E-state index in [1.807, 2.05) is 13.0 Å². The number of aliphatic hydroxyl groups is 1. The topological polar surface area (TPSA) is 32.3 Å². The molecular weight excluding hydrogens is 162 g/mol. The zero-order chi connectivity index (χ0) is 8.27. The first-order chi connectivity index (χ1) is 5.20. The molecule has 2 atom stereocenters. The third-order valence-electron chi connectivity index (χ3n) is 1.88. The Labute approximate surface area is 72.2 Å². The van der Waals surface area contributed by atoms with Crippen LogP contribution in [0.2, 0.25) is 0 Å². The van der Waals surface area contributed by atoms with E-state index in [1.165, 1.54) is 0 Å². The Morgan fingerprint density at radius 2 is 2.45 bits per heavy atom. The van der Waals surface area contributed by atoms with Crippen molar-refractivity contribution in [1.29, 1.82) is 0 Å². The van der Waals surface area contributed by atoms with E-state index in [2.05, 4.69) is 5.32 Å². The van der Waals surface area contributed by atoms with E-state index >= 15 is 0 Å². The van der Waals surface area contributed by atoms with Gasteiger partial charge in [0.1, 0.15) is 0 Å². The van der Waals surface area contributed by atoms with Crippen LogP contribution in [0.4, 0.5) is 0 Å². The van der Waals surface area contributed by atoms with E-state index in [1.54, 1.807) is 0 Å². The Balaban J connectivity index is 2.48. The first kappa shape index (κ1) is 9.04. The maximum Gasteiger partial charge on any atom is 0.0730 e. The number of aliphatic hydroxyl groups excluding tert-OH is 1. The second-order valence-corrected chi connectivity index (χ2v) is 3.54. The molecule has 1 rings (SSSR count). The van der Waals surface area contributed by atoms with Crippen molar-refractivity contribution < 1.29 is 5.11 Å². The molecule has 1 aliphatic rings. The van der Waals surface area contributed by atoms with Crippen molar-refractivity contribution in [3.63, 3.8) is 0 Å². The van der Waals surface area contributed by atoms with Gasteiger partial charge in [-0.2, -0.15) is 0 Å². The van der Waals surface area contributed by atoms with Gasteiger partial charge in [-0.15, -0.1) is 0 Å². The van der Waals surface area contributed by atoms with Crippen molar-refractivity contribution >= 4 is 11.6 Å². The Morgan fingerprint density at radius 3 is 3.00 bits per heavy atom. The highest BCUT2D eigenvalue weighted by atomic mass is 35.5. The van der Waals surface area contributed by atoms with Crippen molar-refractivity contribution in [3.8, 4) is 0 Å². The molecule has 1 aliphatic heterocycles. The molecule has 11 heavy (non-hydrogen) atoms. The van der Waals surface area contributed by atoms with Crippen LogP contribution in [0.3, 0.4) is 0 Å². The average Bonchev–Trinajstić information content (AvgIpc) is 1.93. The minimum atomic E-state index is -0.266. The molecular formula is C8H14ClNO. The molecule has 0 spiro atoms. The zero-order valence-corrected chi connectivity index (χ0v) is 7.43. The minimum Gasteiger partial charge on any atom is -0.391 e. The molecule has 0 aromatic rings. The molecule has 0 saturated carbocycles. The molecule has 1 saturated heterocycles. The summed E-state index contributed by atoms with van der Waals surface area (Å²) < 4.78 is 0. The van der Waals surface area contributed by atoms with E-state index in [-0.39, 0.29) is 12.1 Å². The molecule has 2 nitrogen and oxygen atoms in total. The van der Waals surface area contributed by atoms with E-state index in [4.69, 9.17) is 11.6 Å². The quantitative estimate of drug-likeness (QED) is 0.629. The summed E-state index contributed by atoms with van der Waals surface area (Å²) in [7, 11) is 0. The minimum absolute atomic E-state index is 0.0567. The van der Waals surface area contributed by atoms with E-state index < -0.39 is 0 Å². The van der Waals surface area contributed by atoms with Gasteiger partial charge < -0.3 is 10.4 Å². The Hall–Kier alpha value is -0.0500. The van der Waals surface area contributed by atoms with Crippen molar-refractivity contribution in [3.05, 3.63) is 11.1 Å². The maximum absolute atomic E-state index is 9.45. The number of allylic oxidation sites excluding steroid dienone is 1. The number of hydrogen-bond acceptors (Lipinski definition) is 2. The van der Waals surface area contributed by atoms with Crippen molar-refractivity contribution in [1.82, 2.24) is 5.32 Å². The Bertz CT molecular complexity index is 154.